The van der Waals surface area contributed by atoms with Crippen LogP contribution in [0.25, 0.3) is 28.2 Å². The minimum absolute atomic E-state index is 0.0352. The number of imidazole rings is 1. The maximum absolute atomic E-state index is 14.1. The molecule has 0 saturated heterocycles. The minimum Gasteiger partial charge on any atom is -0.361 e. The van der Waals surface area contributed by atoms with Crippen LogP contribution < -0.4 is 0 Å². The maximum Gasteiger partial charge on any atom is 0.161 e. The third kappa shape index (κ3) is 4.65. The third-order valence-electron chi connectivity index (χ3n) is 4.98. The van der Waals surface area contributed by atoms with E-state index in [2.05, 4.69) is 34.6 Å². The number of fused-ring (bicyclic) bond motifs is 1. The molecule has 0 bridgehead atoms. The summed E-state index contributed by atoms with van der Waals surface area (Å²) < 4.78 is 36.5. The lowest BCUT2D eigenvalue weighted by Crippen LogP contribution is -2.22. The lowest BCUT2D eigenvalue weighted by Gasteiger charge is -2.15. The van der Waals surface area contributed by atoms with Gasteiger partial charge in [0.1, 0.15) is 41.6 Å². The van der Waals surface area contributed by atoms with Gasteiger partial charge in [0, 0.05) is 33.1 Å². The number of carbonyl (C=O) groups is 1. The molecule has 0 aliphatic rings. The number of aldehydes is 1. The number of carbonyl (C=O) groups excluding carboxylic acids is 1. The third-order valence-corrected chi connectivity index (χ3v) is 6.68. The van der Waals surface area contributed by atoms with Gasteiger partial charge in [-0.15, -0.1) is 0 Å². The number of benzene rings is 1. The zero-order chi connectivity index (χ0) is 22.9. The molecule has 1 aromatic carbocycles. The monoisotopic (exact) mass is 455 g/mol. The van der Waals surface area contributed by atoms with E-state index in [0.717, 1.165) is 30.5 Å². The van der Waals surface area contributed by atoms with E-state index in [1.165, 1.54) is 23.3 Å². The second-order valence-electron chi connectivity index (χ2n) is 8.71. The van der Waals surface area contributed by atoms with E-state index in [0.29, 0.717) is 34.7 Å². The first-order chi connectivity index (χ1) is 15.2. The second kappa shape index (κ2) is 8.71. The van der Waals surface area contributed by atoms with E-state index in [9.17, 15) is 13.6 Å². The normalized spacial score (nSPS) is 11.9. The van der Waals surface area contributed by atoms with Gasteiger partial charge in [0.05, 0.1) is 17.4 Å². The quantitative estimate of drug-likeness (QED) is 0.219. The zero-order valence-electron chi connectivity index (χ0n) is 18.0. The van der Waals surface area contributed by atoms with Crippen molar-refractivity contribution < 1.29 is 18.3 Å². The molecule has 0 radical (unpaired) electrons. The number of aromatic nitrogens is 5. The highest BCUT2D eigenvalue weighted by atomic mass is 28.3. The number of halogens is 2. The molecule has 32 heavy (non-hydrogen) atoms. The molecule has 0 unspecified atom stereocenters. The number of ether oxygens (including phenoxy) is 1. The molecule has 0 aliphatic heterocycles. The van der Waals surface area contributed by atoms with Crippen molar-refractivity contribution in [1.29, 1.82) is 0 Å². The molecule has 4 aromatic rings. The van der Waals surface area contributed by atoms with Crippen LogP contribution in [-0.4, -0.2) is 45.1 Å². The molecule has 3 aromatic heterocycles. The molecule has 10 heteroatoms. The summed E-state index contributed by atoms with van der Waals surface area (Å²) in [5.74, 6) is -1.13. The van der Waals surface area contributed by atoms with Crippen molar-refractivity contribution in [3.05, 3.63) is 60.3 Å². The van der Waals surface area contributed by atoms with Gasteiger partial charge in [-0.1, -0.05) is 19.6 Å². The first kappa shape index (κ1) is 22.0. The highest BCUT2D eigenvalue weighted by molar-refractivity contribution is 6.76. The molecule has 4 rings (SSSR count). The molecule has 7 nitrogen and oxygen atoms in total. The predicted molar refractivity (Wildman–Crippen MR) is 119 cm³/mol. The number of nitrogens with zero attached hydrogens (tertiary/aromatic N) is 5. The number of rotatable bonds is 8. The van der Waals surface area contributed by atoms with E-state index in [1.54, 1.807) is 10.8 Å². The Labute approximate surface area is 184 Å². The number of hydrogen-bond acceptors (Lipinski definition) is 5. The molecule has 0 spiro atoms. The van der Waals surface area contributed by atoms with Crippen molar-refractivity contribution >= 4 is 25.5 Å². The van der Waals surface area contributed by atoms with Gasteiger partial charge in [0.15, 0.2) is 11.9 Å². The van der Waals surface area contributed by atoms with Crippen molar-refractivity contribution in [3.8, 4) is 17.1 Å². The van der Waals surface area contributed by atoms with Crippen LogP contribution in [0.4, 0.5) is 8.78 Å². The van der Waals surface area contributed by atoms with Crippen LogP contribution in [0.3, 0.4) is 0 Å². The summed E-state index contributed by atoms with van der Waals surface area (Å²) in [5.41, 5.74) is 2.21. The minimum atomic E-state index is -1.20. The summed E-state index contributed by atoms with van der Waals surface area (Å²) in [6.45, 7) is 7.76. The average molecular weight is 456 g/mol. The summed E-state index contributed by atoms with van der Waals surface area (Å²) in [4.78, 5) is 24.8. The summed E-state index contributed by atoms with van der Waals surface area (Å²) in [5, 5.41) is 0. The first-order valence-electron chi connectivity index (χ1n) is 10.1. The van der Waals surface area contributed by atoms with Crippen LogP contribution in [0, 0.1) is 11.6 Å². The van der Waals surface area contributed by atoms with Crippen molar-refractivity contribution in [2.45, 2.75) is 32.4 Å². The standard InChI is InChI=1S/C22H23F2N5O2Si/c1-32(2,3)7-6-31-14-29-10-15(12-30)21-22(29)25-9-18(27-21)19-11-28(13-26-19)20-8-16(23)4-5-17(20)24/h4-5,8-13H,6-7,14H2,1-3H3. The molecule has 3 heterocycles. The smallest absolute Gasteiger partial charge is 0.161 e. The molecular weight excluding hydrogens is 432 g/mol. The van der Waals surface area contributed by atoms with Gasteiger partial charge in [0.25, 0.3) is 0 Å². The molecular formula is C22H23F2N5O2Si. The fourth-order valence-electron chi connectivity index (χ4n) is 3.20. The van der Waals surface area contributed by atoms with Gasteiger partial charge in [-0.3, -0.25) is 4.79 Å². The Morgan fingerprint density at radius 2 is 1.94 bits per heavy atom. The van der Waals surface area contributed by atoms with Crippen molar-refractivity contribution in [3.63, 3.8) is 0 Å². The SMILES string of the molecule is C[Si](C)(C)CCOCn1cc(C=O)c2nc(-c3cn(-c4cc(F)ccc4F)cn3)cnc21. The molecule has 166 valence electrons. The molecule has 0 amide bonds. The van der Waals surface area contributed by atoms with Crippen molar-refractivity contribution in [2.24, 2.45) is 0 Å². The Bertz CT molecular complexity index is 1280. The summed E-state index contributed by atoms with van der Waals surface area (Å²) in [6.07, 6.45) is 6.82. The lowest BCUT2D eigenvalue weighted by molar-refractivity contribution is 0.0897. The van der Waals surface area contributed by atoms with Gasteiger partial charge in [-0.25, -0.2) is 23.7 Å². The molecule has 0 N–H and O–H groups in total. The Balaban J connectivity index is 1.61. The van der Waals surface area contributed by atoms with E-state index in [-0.39, 0.29) is 12.4 Å². The summed E-state index contributed by atoms with van der Waals surface area (Å²) >= 11 is 0. The first-order valence-corrected chi connectivity index (χ1v) is 13.8. The van der Waals surface area contributed by atoms with Gasteiger partial charge < -0.3 is 13.9 Å². The van der Waals surface area contributed by atoms with Crippen LogP contribution in [0.5, 0.6) is 0 Å². The Morgan fingerprint density at radius 3 is 2.69 bits per heavy atom. The van der Waals surface area contributed by atoms with Gasteiger partial charge in [-0.05, 0) is 18.2 Å². The van der Waals surface area contributed by atoms with Crippen LogP contribution in [0.15, 0.2) is 43.1 Å². The van der Waals surface area contributed by atoms with Gasteiger partial charge >= 0.3 is 0 Å². The number of hydrogen-bond donors (Lipinski definition) is 0. The van der Waals surface area contributed by atoms with E-state index >= 15 is 0 Å². The van der Waals surface area contributed by atoms with Crippen molar-refractivity contribution in [2.75, 3.05) is 6.61 Å². The van der Waals surface area contributed by atoms with Gasteiger partial charge in [0.2, 0.25) is 0 Å². The molecule has 0 saturated carbocycles. The Kier molecular flexibility index (Phi) is 5.98. The molecule has 0 atom stereocenters. The van der Waals surface area contributed by atoms with Crippen LogP contribution >= 0.6 is 0 Å². The van der Waals surface area contributed by atoms with E-state index in [1.807, 2.05) is 0 Å². The highest BCUT2D eigenvalue weighted by Crippen LogP contribution is 2.23. The summed E-state index contributed by atoms with van der Waals surface area (Å²) in [6, 6.07) is 4.23. The van der Waals surface area contributed by atoms with Crippen LogP contribution in [-0.2, 0) is 11.5 Å². The van der Waals surface area contributed by atoms with E-state index in [4.69, 9.17) is 4.74 Å². The highest BCUT2D eigenvalue weighted by Gasteiger charge is 2.16. The molecule has 0 fully saturated rings. The average Bonchev–Trinajstić information content (AvgIpc) is 3.37. The Morgan fingerprint density at radius 1 is 1.12 bits per heavy atom. The summed E-state index contributed by atoms with van der Waals surface area (Å²) in [7, 11) is -1.20. The largest absolute Gasteiger partial charge is 0.361 e. The van der Waals surface area contributed by atoms with Crippen LogP contribution in [0.1, 0.15) is 10.4 Å². The van der Waals surface area contributed by atoms with Gasteiger partial charge in [-0.2, -0.15) is 0 Å². The zero-order valence-corrected chi connectivity index (χ0v) is 19.0. The predicted octanol–water partition coefficient (Wildman–Crippen LogP) is 4.69. The van der Waals surface area contributed by atoms with Crippen LogP contribution in [0.2, 0.25) is 25.7 Å². The van der Waals surface area contributed by atoms with Crippen molar-refractivity contribution in [1.82, 2.24) is 24.1 Å². The fourth-order valence-corrected chi connectivity index (χ4v) is 3.95. The lowest BCUT2D eigenvalue weighted by atomic mass is 10.3. The van der Waals surface area contributed by atoms with E-state index < -0.39 is 19.7 Å². The fraction of sp³-hybridized carbons (Fsp3) is 0.273. The topological polar surface area (TPSA) is 74.8 Å². The molecule has 0 aliphatic carbocycles. The Hall–Kier alpha value is -3.24. The maximum atomic E-state index is 14.1. The second-order valence-corrected chi connectivity index (χ2v) is 14.3.